The molecule has 9 nitrogen and oxygen atoms in total. The smallest absolute Gasteiger partial charge is 0.407 e. The topological polar surface area (TPSA) is 116 Å². The van der Waals surface area contributed by atoms with Crippen LogP contribution in [-0.2, 0) is 26.1 Å². The monoisotopic (exact) mass is 449 g/mol. The van der Waals surface area contributed by atoms with E-state index in [-0.39, 0.29) is 37.6 Å². The number of benzene rings is 1. The maximum Gasteiger partial charge on any atom is 0.410 e. The lowest BCUT2D eigenvalue weighted by molar-refractivity contribution is -0.183. The van der Waals surface area contributed by atoms with Gasteiger partial charge < -0.3 is 20.1 Å². The summed E-state index contributed by atoms with van der Waals surface area (Å²) in [6.45, 7) is 0.428. The van der Waals surface area contributed by atoms with Gasteiger partial charge in [-0.2, -0.15) is 0 Å². The summed E-state index contributed by atoms with van der Waals surface area (Å²) in [5, 5.41) is 13.0. The Morgan fingerprint density at radius 1 is 1.41 bits per heavy atom. The predicted octanol–water partition coefficient (Wildman–Crippen LogP) is 0.660. The minimum atomic E-state index is -3.37. The minimum Gasteiger partial charge on any atom is -0.407 e. The van der Waals surface area contributed by atoms with Gasteiger partial charge in [-0.1, -0.05) is 11.6 Å². The van der Waals surface area contributed by atoms with E-state index in [1.54, 1.807) is 0 Å². The molecule has 2 saturated heterocycles. The van der Waals surface area contributed by atoms with Crippen LogP contribution >= 0.6 is 11.6 Å². The van der Waals surface area contributed by atoms with Gasteiger partial charge in [0.15, 0.2) is 0 Å². The minimum absolute atomic E-state index is 0.115. The molecule has 2 aliphatic heterocycles. The summed E-state index contributed by atoms with van der Waals surface area (Å²) >= 11 is 5.75. The van der Waals surface area contributed by atoms with Gasteiger partial charge in [0.2, 0.25) is 10.0 Å². The van der Waals surface area contributed by atoms with Crippen molar-refractivity contribution in [1.29, 1.82) is 0 Å². The molecule has 2 fully saturated rings. The number of likely N-dealkylation sites (tertiary alicyclic amines) is 1. The fraction of sp³-hybridized carbons (Fsp3) is 0.529. The van der Waals surface area contributed by atoms with E-state index in [1.165, 1.54) is 21.3 Å². The van der Waals surface area contributed by atoms with Crippen LogP contribution in [-0.4, -0.2) is 72.4 Å². The molecule has 0 aromatic heterocycles. The molecule has 1 aromatic rings. The van der Waals surface area contributed by atoms with Crippen LogP contribution in [0.25, 0.3) is 0 Å². The first-order valence-electron chi connectivity index (χ1n) is 8.88. The molecule has 0 bridgehead atoms. The zero-order valence-corrected chi connectivity index (χ0v) is 17.2. The van der Waals surface area contributed by atoms with Gasteiger partial charge in [0.1, 0.15) is 5.82 Å². The average Bonchev–Trinajstić information content (AvgIpc) is 3.18. The van der Waals surface area contributed by atoms with E-state index in [0.29, 0.717) is 12.0 Å². The van der Waals surface area contributed by atoms with Gasteiger partial charge in [0, 0.05) is 43.7 Å². The number of alkyl carbamates (subject to hydrolysis) is 1. The number of amides is 2. The maximum atomic E-state index is 13.3. The average molecular weight is 450 g/mol. The quantitative estimate of drug-likeness (QED) is 0.638. The summed E-state index contributed by atoms with van der Waals surface area (Å²) < 4.78 is 42.8. The molecule has 0 saturated carbocycles. The van der Waals surface area contributed by atoms with E-state index < -0.39 is 39.7 Å². The molecular weight excluding hydrogens is 429 g/mol. The zero-order valence-electron chi connectivity index (χ0n) is 15.6. The largest absolute Gasteiger partial charge is 0.410 e. The Labute approximate surface area is 172 Å². The van der Waals surface area contributed by atoms with Crippen LogP contribution < -0.4 is 5.32 Å². The van der Waals surface area contributed by atoms with E-state index in [4.69, 9.17) is 16.3 Å². The second-order valence-electron chi connectivity index (χ2n) is 7.12. The van der Waals surface area contributed by atoms with Gasteiger partial charge in [-0.3, -0.25) is 4.79 Å². The number of sulfonamides is 1. The first-order valence-corrected chi connectivity index (χ1v) is 11.1. The van der Waals surface area contributed by atoms with Crippen molar-refractivity contribution in [3.63, 3.8) is 0 Å². The lowest BCUT2D eigenvalue weighted by atomic mass is 10.2. The molecule has 2 heterocycles. The molecule has 12 heteroatoms. The number of rotatable bonds is 5. The highest BCUT2D eigenvalue weighted by atomic mass is 35.5. The van der Waals surface area contributed by atoms with Crippen LogP contribution in [0.3, 0.4) is 0 Å². The van der Waals surface area contributed by atoms with Crippen LogP contribution in [0.4, 0.5) is 9.18 Å². The summed E-state index contributed by atoms with van der Waals surface area (Å²) in [6.07, 6.45) is 0.339. The number of hydrogen-bond donors (Lipinski definition) is 2. The summed E-state index contributed by atoms with van der Waals surface area (Å²) in [5.41, 5.74) is 0.380. The molecular formula is C17H21ClFN3O6S. The predicted molar refractivity (Wildman–Crippen MR) is 101 cm³/mol. The summed E-state index contributed by atoms with van der Waals surface area (Å²) in [4.78, 5) is 26.0. The third-order valence-electron chi connectivity index (χ3n) is 4.94. The van der Waals surface area contributed by atoms with Gasteiger partial charge in [0.25, 0.3) is 11.7 Å². The third-order valence-corrected chi connectivity index (χ3v) is 6.43. The SMILES string of the molecule is CS(=O)(=O)N1CCC(N2CC[C@](O)(OC(=O)NCc3cc(F)cc(Cl)c3)C2=O)C1. The molecule has 0 radical (unpaired) electrons. The number of carbonyl (C=O) groups excluding carboxylic acids is 2. The number of aliphatic hydroxyl groups is 1. The highest BCUT2D eigenvalue weighted by molar-refractivity contribution is 7.88. The number of nitrogens with one attached hydrogen (secondary N) is 1. The van der Waals surface area contributed by atoms with E-state index in [2.05, 4.69) is 5.32 Å². The fourth-order valence-corrected chi connectivity index (χ4v) is 4.62. The molecule has 1 aromatic carbocycles. The Morgan fingerprint density at radius 2 is 2.14 bits per heavy atom. The molecule has 2 amide bonds. The van der Waals surface area contributed by atoms with Crippen molar-refractivity contribution in [2.75, 3.05) is 25.9 Å². The van der Waals surface area contributed by atoms with E-state index in [1.807, 2.05) is 0 Å². The van der Waals surface area contributed by atoms with E-state index >= 15 is 0 Å². The van der Waals surface area contributed by atoms with Crippen molar-refractivity contribution in [3.05, 3.63) is 34.6 Å². The van der Waals surface area contributed by atoms with Gasteiger partial charge >= 0.3 is 6.09 Å². The molecule has 2 atom stereocenters. The Kier molecular flexibility index (Phi) is 6.04. The van der Waals surface area contributed by atoms with Crippen LogP contribution in [0.2, 0.25) is 5.02 Å². The number of hydrogen-bond acceptors (Lipinski definition) is 6. The second-order valence-corrected chi connectivity index (χ2v) is 9.54. The Balaban J connectivity index is 1.57. The van der Waals surface area contributed by atoms with Crippen molar-refractivity contribution in [1.82, 2.24) is 14.5 Å². The lowest BCUT2D eigenvalue weighted by Gasteiger charge is -2.26. The molecule has 29 heavy (non-hydrogen) atoms. The van der Waals surface area contributed by atoms with Crippen molar-refractivity contribution >= 4 is 33.6 Å². The third kappa shape index (κ3) is 4.97. The summed E-state index contributed by atoms with van der Waals surface area (Å²) in [5.74, 6) is -3.69. The highest BCUT2D eigenvalue weighted by Gasteiger charge is 2.52. The Bertz CT molecular complexity index is 909. The van der Waals surface area contributed by atoms with Crippen molar-refractivity contribution < 1.29 is 32.2 Å². The normalized spacial score (nSPS) is 25.4. The van der Waals surface area contributed by atoms with Crippen LogP contribution in [0, 0.1) is 5.82 Å². The van der Waals surface area contributed by atoms with Crippen molar-refractivity contribution in [2.45, 2.75) is 31.2 Å². The van der Waals surface area contributed by atoms with Crippen LogP contribution in [0.15, 0.2) is 18.2 Å². The van der Waals surface area contributed by atoms with Gasteiger partial charge in [-0.05, 0) is 30.2 Å². The Morgan fingerprint density at radius 3 is 2.76 bits per heavy atom. The van der Waals surface area contributed by atoms with Crippen LogP contribution in [0.1, 0.15) is 18.4 Å². The molecule has 1 unspecified atom stereocenters. The first-order chi connectivity index (χ1) is 13.5. The van der Waals surface area contributed by atoms with Gasteiger partial charge in [-0.25, -0.2) is 21.9 Å². The fourth-order valence-electron chi connectivity index (χ4n) is 3.49. The molecule has 0 aliphatic carbocycles. The molecule has 3 rings (SSSR count). The van der Waals surface area contributed by atoms with E-state index in [0.717, 1.165) is 12.3 Å². The van der Waals surface area contributed by atoms with Gasteiger partial charge in [0.05, 0.1) is 6.26 Å². The number of halogens is 2. The Hall–Kier alpha value is -1.95. The number of carbonyl (C=O) groups is 2. The van der Waals surface area contributed by atoms with Crippen LogP contribution in [0.5, 0.6) is 0 Å². The molecule has 2 N–H and O–H groups in total. The van der Waals surface area contributed by atoms with Gasteiger partial charge in [-0.15, -0.1) is 0 Å². The second kappa shape index (κ2) is 8.05. The van der Waals surface area contributed by atoms with E-state index in [9.17, 15) is 27.5 Å². The van der Waals surface area contributed by atoms with Crippen molar-refractivity contribution in [3.8, 4) is 0 Å². The maximum absolute atomic E-state index is 13.3. The highest BCUT2D eigenvalue weighted by Crippen LogP contribution is 2.30. The number of ether oxygens (including phenoxy) is 1. The first kappa shape index (κ1) is 21.8. The molecule has 0 spiro atoms. The van der Waals surface area contributed by atoms with Crippen molar-refractivity contribution in [2.24, 2.45) is 0 Å². The summed E-state index contributed by atoms with van der Waals surface area (Å²) in [6, 6.07) is 3.35. The molecule has 160 valence electrons. The summed E-state index contributed by atoms with van der Waals surface area (Å²) in [7, 11) is -3.37. The number of nitrogens with zero attached hydrogens (tertiary/aromatic N) is 2. The molecule has 2 aliphatic rings. The lowest BCUT2D eigenvalue weighted by Crippen LogP contribution is -2.49. The zero-order chi connectivity index (χ0) is 21.4. The standard InChI is InChI=1S/C17H21ClFN3O6S/c1-29(26,27)21-4-2-14(10-21)22-5-3-17(25,15(22)23)28-16(24)20-9-11-6-12(18)8-13(19)7-11/h6-8,14,25H,2-5,9-10H2,1H3,(H,20,24)/t14?,17-/m0/s1.